The SMILES string of the molecule is CCc1ccc(NS(=O)(=O)c2cccc(S(=O)(=O)NC)c2)cc1. The van der Waals surface area contributed by atoms with Crippen LogP contribution in [0.1, 0.15) is 12.5 Å². The fourth-order valence-corrected chi connectivity index (χ4v) is 3.90. The summed E-state index contributed by atoms with van der Waals surface area (Å²) in [6.07, 6.45) is 0.858. The molecule has 0 bridgehead atoms. The van der Waals surface area contributed by atoms with Crippen LogP contribution in [0.4, 0.5) is 5.69 Å². The minimum absolute atomic E-state index is 0.107. The summed E-state index contributed by atoms with van der Waals surface area (Å²) >= 11 is 0. The van der Waals surface area contributed by atoms with Crippen LogP contribution in [0.5, 0.6) is 0 Å². The van der Waals surface area contributed by atoms with Crippen LogP contribution in [0.15, 0.2) is 58.3 Å². The van der Waals surface area contributed by atoms with E-state index in [2.05, 4.69) is 9.44 Å². The van der Waals surface area contributed by atoms with Crippen molar-refractivity contribution in [1.29, 1.82) is 0 Å². The highest BCUT2D eigenvalue weighted by molar-refractivity contribution is 7.93. The molecule has 0 fully saturated rings. The number of nitrogens with one attached hydrogen (secondary N) is 2. The molecule has 0 aliphatic rings. The van der Waals surface area contributed by atoms with Crippen LogP contribution in [0.25, 0.3) is 0 Å². The maximum absolute atomic E-state index is 12.4. The molecule has 0 heterocycles. The Morgan fingerprint density at radius 2 is 1.43 bits per heavy atom. The number of anilines is 1. The summed E-state index contributed by atoms with van der Waals surface area (Å²) in [5, 5.41) is 0. The molecule has 0 aliphatic heterocycles. The zero-order chi connectivity index (χ0) is 17.1. The van der Waals surface area contributed by atoms with Gasteiger partial charge in [-0.25, -0.2) is 21.6 Å². The van der Waals surface area contributed by atoms with Crippen molar-refractivity contribution in [2.45, 2.75) is 23.1 Å². The Bertz CT molecular complexity index is 889. The van der Waals surface area contributed by atoms with E-state index in [9.17, 15) is 16.8 Å². The Balaban J connectivity index is 2.34. The van der Waals surface area contributed by atoms with Crippen molar-refractivity contribution in [2.75, 3.05) is 11.8 Å². The fourth-order valence-electron chi connectivity index (χ4n) is 1.95. The van der Waals surface area contributed by atoms with E-state index < -0.39 is 20.0 Å². The lowest BCUT2D eigenvalue weighted by Gasteiger charge is -2.10. The highest BCUT2D eigenvalue weighted by Gasteiger charge is 2.18. The quantitative estimate of drug-likeness (QED) is 0.829. The van der Waals surface area contributed by atoms with Crippen molar-refractivity contribution < 1.29 is 16.8 Å². The molecule has 23 heavy (non-hydrogen) atoms. The predicted octanol–water partition coefficient (Wildman–Crippen LogP) is 1.96. The molecule has 6 nitrogen and oxygen atoms in total. The molecule has 0 saturated heterocycles. The molecular formula is C15H18N2O4S2. The van der Waals surface area contributed by atoms with Crippen molar-refractivity contribution in [3.05, 3.63) is 54.1 Å². The van der Waals surface area contributed by atoms with Gasteiger partial charge in [-0.15, -0.1) is 0 Å². The van der Waals surface area contributed by atoms with Crippen LogP contribution in [-0.2, 0) is 26.5 Å². The lowest BCUT2D eigenvalue weighted by atomic mass is 10.2. The number of rotatable bonds is 6. The molecule has 2 aromatic carbocycles. The number of aryl methyl sites for hydroxylation is 1. The van der Waals surface area contributed by atoms with Crippen molar-refractivity contribution in [1.82, 2.24) is 4.72 Å². The highest BCUT2D eigenvalue weighted by atomic mass is 32.2. The maximum Gasteiger partial charge on any atom is 0.261 e. The average molecular weight is 354 g/mol. The normalized spacial score (nSPS) is 12.1. The first-order valence-electron chi connectivity index (χ1n) is 6.94. The summed E-state index contributed by atoms with van der Waals surface area (Å²) in [5.74, 6) is 0. The van der Waals surface area contributed by atoms with Gasteiger partial charge < -0.3 is 0 Å². The van der Waals surface area contributed by atoms with E-state index in [-0.39, 0.29) is 9.79 Å². The molecule has 0 amide bonds. The lowest BCUT2D eigenvalue weighted by molar-refractivity contribution is 0.588. The van der Waals surface area contributed by atoms with Gasteiger partial charge in [0.15, 0.2) is 0 Å². The molecule has 2 N–H and O–H groups in total. The molecule has 0 radical (unpaired) electrons. The smallest absolute Gasteiger partial charge is 0.261 e. The van der Waals surface area contributed by atoms with Gasteiger partial charge in [0, 0.05) is 5.69 Å². The van der Waals surface area contributed by atoms with Crippen LogP contribution in [0.2, 0.25) is 0 Å². The van der Waals surface area contributed by atoms with E-state index in [1.807, 2.05) is 19.1 Å². The number of sulfonamides is 2. The van der Waals surface area contributed by atoms with Gasteiger partial charge in [-0.3, -0.25) is 4.72 Å². The molecule has 0 atom stereocenters. The van der Waals surface area contributed by atoms with Gasteiger partial charge in [-0.2, -0.15) is 0 Å². The second-order valence-corrected chi connectivity index (χ2v) is 8.41. The van der Waals surface area contributed by atoms with E-state index in [0.717, 1.165) is 18.1 Å². The topological polar surface area (TPSA) is 92.3 Å². The molecule has 2 rings (SSSR count). The molecular weight excluding hydrogens is 336 g/mol. The van der Waals surface area contributed by atoms with Crippen LogP contribution < -0.4 is 9.44 Å². The van der Waals surface area contributed by atoms with E-state index in [1.54, 1.807) is 12.1 Å². The zero-order valence-corrected chi connectivity index (χ0v) is 14.4. The van der Waals surface area contributed by atoms with Crippen molar-refractivity contribution in [3.8, 4) is 0 Å². The summed E-state index contributed by atoms with van der Waals surface area (Å²) in [4.78, 5) is -0.224. The van der Waals surface area contributed by atoms with Crippen molar-refractivity contribution in [3.63, 3.8) is 0 Å². The summed E-state index contributed by atoms with van der Waals surface area (Å²) in [7, 11) is -6.30. The molecule has 8 heteroatoms. The Morgan fingerprint density at radius 1 is 0.870 bits per heavy atom. The average Bonchev–Trinajstić information content (AvgIpc) is 2.55. The fraction of sp³-hybridized carbons (Fsp3) is 0.200. The highest BCUT2D eigenvalue weighted by Crippen LogP contribution is 2.19. The Morgan fingerprint density at radius 3 is 1.96 bits per heavy atom. The van der Waals surface area contributed by atoms with Gasteiger partial charge >= 0.3 is 0 Å². The van der Waals surface area contributed by atoms with E-state index >= 15 is 0 Å². The van der Waals surface area contributed by atoms with Gasteiger partial charge in [-0.05, 0) is 49.4 Å². The first-order chi connectivity index (χ1) is 10.8. The van der Waals surface area contributed by atoms with Crippen LogP contribution >= 0.6 is 0 Å². The number of hydrogen-bond acceptors (Lipinski definition) is 4. The maximum atomic E-state index is 12.4. The molecule has 124 valence electrons. The van der Waals surface area contributed by atoms with Gasteiger partial charge in [0.1, 0.15) is 0 Å². The second-order valence-electron chi connectivity index (χ2n) is 4.84. The third-order valence-electron chi connectivity index (χ3n) is 3.31. The second kappa shape index (κ2) is 6.69. The molecule has 2 aromatic rings. The van der Waals surface area contributed by atoms with Gasteiger partial charge in [0.25, 0.3) is 10.0 Å². The molecule has 0 aliphatic carbocycles. The van der Waals surface area contributed by atoms with Crippen molar-refractivity contribution >= 4 is 25.7 Å². The van der Waals surface area contributed by atoms with E-state index in [0.29, 0.717) is 5.69 Å². The molecule has 0 aromatic heterocycles. The third-order valence-corrected chi connectivity index (χ3v) is 6.10. The summed E-state index contributed by atoms with van der Waals surface area (Å²) < 4.78 is 53.0. The van der Waals surface area contributed by atoms with Crippen molar-refractivity contribution in [2.24, 2.45) is 0 Å². The largest absolute Gasteiger partial charge is 0.280 e. The minimum Gasteiger partial charge on any atom is -0.280 e. The first-order valence-corrected chi connectivity index (χ1v) is 9.90. The predicted molar refractivity (Wildman–Crippen MR) is 89.3 cm³/mol. The summed E-state index contributed by atoms with van der Waals surface area (Å²) in [5.41, 5.74) is 1.51. The first kappa shape index (κ1) is 17.5. The Hall–Kier alpha value is -1.90. The monoisotopic (exact) mass is 354 g/mol. The third kappa shape index (κ3) is 4.10. The lowest BCUT2D eigenvalue weighted by Crippen LogP contribution is -2.19. The van der Waals surface area contributed by atoms with E-state index in [4.69, 9.17) is 0 Å². The number of benzene rings is 2. The Kier molecular flexibility index (Phi) is 5.08. The minimum atomic E-state index is -3.87. The van der Waals surface area contributed by atoms with Gasteiger partial charge in [0.05, 0.1) is 9.79 Å². The molecule has 0 unspecified atom stereocenters. The molecule has 0 spiro atoms. The van der Waals surface area contributed by atoms with Gasteiger partial charge in [-0.1, -0.05) is 25.1 Å². The standard InChI is InChI=1S/C15H18N2O4S2/c1-3-12-7-9-13(10-8-12)17-23(20,21)15-6-4-5-14(11-15)22(18,19)16-2/h4-11,16-17H,3H2,1-2H3. The van der Waals surface area contributed by atoms with Crippen LogP contribution in [0.3, 0.4) is 0 Å². The van der Waals surface area contributed by atoms with Crippen LogP contribution in [-0.4, -0.2) is 23.9 Å². The molecule has 0 saturated carbocycles. The van der Waals surface area contributed by atoms with Gasteiger partial charge in [0.2, 0.25) is 10.0 Å². The van der Waals surface area contributed by atoms with E-state index in [1.165, 1.54) is 25.2 Å². The number of hydrogen-bond donors (Lipinski definition) is 2. The zero-order valence-electron chi connectivity index (χ0n) is 12.8. The summed E-state index contributed by atoms with van der Waals surface area (Å²) in [6, 6.07) is 12.2. The van der Waals surface area contributed by atoms with Crippen LogP contribution in [0, 0.1) is 0 Å². The summed E-state index contributed by atoms with van der Waals surface area (Å²) in [6.45, 7) is 2.01. The Labute approximate surface area is 136 Å².